The Hall–Kier alpha value is -3.06. The zero-order valence-corrected chi connectivity index (χ0v) is 19.5. The Bertz CT molecular complexity index is 1170. The summed E-state index contributed by atoms with van der Waals surface area (Å²) in [6.45, 7) is 5.85. The Labute approximate surface area is 197 Å². The fourth-order valence-electron chi connectivity index (χ4n) is 5.59. The van der Waals surface area contributed by atoms with Crippen molar-refractivity contribution in [2.75, 3.05) is 18.1 Å². The fourth-order valence-corrected chi connectivity index (χ4v) is 5.78. The number of nitrogens with zero attached hydrogens (tertiary/aromatic N) is 2. The number of anilines is 1. The summed E-state index contributed by atoms with van der Waals surface area (Å²) in [6, 6.07) is 11.6. The molecule has 0 N–H and O–H groups in total. The molecule has 0 saturated carbocycles. The van der Waals surface area contributed by atoms with E-state index < -0.39 is 41.3 Å². The number of hydrogen-bond donors (Lipinski definition) is 0. The van der Waals surface area contributed by atoms with Gasteiger partial charge in [-0.25, -0.2) is 9.69 Å². The van der Waals surface area contributed by atoms with E-state index in [-0.39, 0.29) is 13.2 Å². The summed E-state index contributed by atoms with van der Waals surface area (Å²) < 4.78 is 11.5. The van der Waals surface area contributed by atoms with Crippen LogP contribution >= 0.6 is 11.6 Å². The molecule has 3 amide bonds. The topological polar surface area (TPSA) is 76.2 Å². The first-order valence-electron chi connectivity index (χ1n) is 11.2. The second kappa shape index (κ2) is 7.76. The quantitative estimate of drug-likeness (QED) is 0.492. The summed E-state index contributed by atoms with van der Waals surface area (Å²) in [5.41, 5.74) is 0.880. The number of aryl methyl sites for hydroxylation is 1. The number of benzene rings is 2. The number of ether oxygens (including phenoxy) is 2. The number of fused-ring (bicyclic) bond motifs is 5. The molecule has 7 nitrogen and oxygen atoms in total. The van der Waals surface area contributed by atoms with Crippen molar-refractivity contribution in [3.8, 4) is 5.75 Å². The summed E-state index contributed by atoms with van der Waals surface area (Å²) >= 11 is 6.15. The minimum Gasteiger partial charge on any atom is -0.493 e. The van der Waals surface area contributed by atoms with Gasteiger partial charge in [0.25, 0.3) is 5.91 Å². The van der Waals surface area contributed by atoms with Gasteiger partial charge in [-0.2, -0.15) is 0 Å². The van der Waals surface area contributed by atoms with Gasteiger partial charge in [-0.1, -0.05) is 36.7 Å². The van der Waals surface area contributed by atoms with E-state index in [1.54, 1.807) is 43.0 Å². The van der Waals surface area contributed by atoms with E-state index in [0.29, 0.717) is 16.5 Å². The lowest BCUT2D eigenvalue weighted by molar-refractivity contribution is -0.154. The van der Waals surface area contributed by atoms with Crippen LogP contribution in [0.5, 0.6) is 5.75 Å². The van der Waals surface area contributed by atoms with Crippen LogP contribution in [0.4, 0.5) is 10.5 Å². The highest BCUT2D eigenvalue weighted by Crippen LogP contribution is 2.58. The molecular weight excluding hydrogens is 444 g/mol. The molecule has 0 aliphatic carbocycles. The second-order valence-electron chi connectivity index (χ2n) is 8.80. The highest BCUT2D eigenvalue weighted by atomic mass is 35.5. The second-order valence-corrected chi connectivity index (χ2v) is 9.23. The average Bonchev–Trinajstić information content (AvgIpc) is 3.18. The maximum Gasteiger partial charge on any atom is 0.332 e. The van der Waals surface area contributed by atoms with Gasteiger partial charge < -0.3 is 14.4 Å². The Morgan fingerprint density at radius 3 is 2.70 bits per heavy atom. The maximum atomic E-state index is 13.9. The molecule has 5 rings (SSSR count). The zero-order chi connectivity index (χ0) is 23.5. The summed E-state index contributed by atoms with van der Waals surface area (Å²) in [7, 11) is 0. The minimum atomic E-state index is -1.41. The van der Waals surface area contributed by atoms with Gasteiger partial charge in [-0.3, -0.25) is 9.59 Å². The van der Waals surface area contributed by atoms with Crippen LogP contribution in [0.15, 0.2) is 42.5 Å². The van der Waals surface area contributed by atoms with Gasteiger partial charge in [-0.05, 0) is 50.1 Å². The molecule has 0 bridgehead atoms. The van der Waals surface area contributed by atoms with Gasteiger partial charge in [0.1, 0.15) is 11.3 Å². The lowest BCUT2D eigenvalue weighted by Gasteiger charge is -2.34. The van der Waals surface area contributed by atoms with E-state index in [4.69, 9.17) is 21.1 Å². The fraction of sp³-hybridized carbons (Fsp3) is 0.400. The number of carbonyl (C=O) groups is 3. The van der Waals surface area contributed by atoms with Gasteiger partial charge in [-0.15, -0.1) is 0 Å². The Balaban J connectivity index is 1.68. The van der Waals surface area contributed by atoms with E-state index in [1.165, 1.54) is 0 Å². The Morgan fingerprint density at radius 2 is 2.00 bits per heavy atom. The third-order valence-corrected chi connectivity index (χ3v) is 7.33. The van der Waals surface area contributed by atoms with Gasteiger partial charge >= 0.3 is 12.0 Å². The average molecular weight is 469 g/mol. The van der Waals surface area contributed by atoms with Crippen LogP contribution in [0.2, 0.25) is 5.02 Å². The predicted octanol–water partition coefficient (Wildman–Crippen LogP) is 4.37. The molecule has 33 heavy (non-hydrogen) atoms. The van der Waals surface area contributed by atoms with Crippen molar-refractivity contribution >= 4 is 35.2 Å². The summed E-state index contributed by atoms with van der Waals surface area (Å²) in [5, 5.41) is 0.411. The first-order chi connectivity index (χ1) is 15.8. The van der Waals surface area contributed by atoms with Gasteiger partial charge in [0.15, 0.2) is 0 Å². The molecule has 0 aromatic heterocycles. The number of hydrogen-bond acceptors (Lipinski definition) is 5. The summed E-state index contributed by atoms with van der Waals surface area (Å²) in [6.07, 6.45) is 0.845. The molecule has 0 spiro atoms. The van der Waals surface area contributed by atoms with Crippen LogP contribution in [-0.2, 0) is 20.7 Å². The number of esters is 1. The third-order valence-electron chi connectivity index (χ3n) is 7.09. The molecular formula is C25H25ClN2O5. The molecule has 0 unspecified atom stereocenters. The van der Waals surface area contributed by atoms with Crippen LogP contribution < -0.4 is 9.64 Å². The molecule has 3 aliphatic heterocycles. The number of urea groups is 1. The van der Waals surface area contributed by atoms with Crippen molar-refractivity contribution < 1.29 is 23.9 Å². The van der Waals surface area contributed by atoms with Crippen molar-refractivity contribution in [1.82, 2.24) is 4.90 Å². The molecule has 2 fully saturated rings. The van der Waals surface area contributed by atoms with Crippen molar-refractivity contribution in [3.63, 3.8) is 0 Å². The van der Waals surface area contributed by atoms with Crippen molar-refractivity contribution in [2.24, 2.45) is 11.8 Å². The van der Waals surface area contributed by atoms with E-state index in [2.05, 4.69) is 6.92 Å². The summed E-state index contributed by atoms with van der Waals surface area (Å²) in [5.74, 6) is -1.53. The van der Waals surface area contributed by atoms with E-state index in [1.807, 2.05) is 18.2 Å². The molecule has 2 saturated heterocycles. The van der Waals surface area contributed by atoms with Crippen molar-refractivity contribution in [3.05, 3.63) is 58.6 Å². The SMILES string of the molecule is CCOC(=O)[C@@H]1[C@H]2COc3cc(CC)ccc3[C@H]2N2C(=O)N(c3cccc(Cl)c3)C(=O)[C@]12C. The smallest absolute Gasteiger partial charge is 0.332 e. The standard InChI is InChI=1S/C25H25ClN2O5/c1-4-14-9-10-17-19(11-14)33-13-18-20(22(29)32-5-2)25(3)23(30)27(24(31)28(25)21(17)18)16-8-6-7-15(26)12-16/h6-12,18,20-21H,4-5,13H2,1-3H3/t18-,20+,21-,25+/m1/s1. The monoisotopic (exact) mass is 468 g/mol. The van der Waals surface area contributed by atoms with Crippen LogP contribution in [-0.4, -0.2) is 41.6 Å². The molecule has 3 aliphatic rings. The number of halogens is 1. The van der Waals surface area contributed by atoms with Crippen LogP contribution in [0.25, 0.3) is 0 Å². The van der Waals surface area contributed by atoms with Gasteiger partial charge in [0.05, 0.1) is 30.9 Å². The van der Waals surface area contributed by atoms with Crippen molar-refractivity contribution in [1.29, 1.82) is 0 Å². The molecule has 0 radical (unpaired) electrons. The normalized spacial score (nSPS) is 27.7. The van der Waals surface area contributed by atoms with Crippen molar-refractivity contribution in [2.45, 2.75) is 38.8 Å². The van der Waals surface area contributed by atoms with Gasteiger partial charge in [0, 0.05) is 16.5 Å². The number of imide groups is 1. The molecule has 4 atom stereocenters. The zero-order valence-electron chi connectivity index (χ0n) is 18.7. The lowest BCUT2D eigenvalue weighted by Crippen LogP contribution is -2.51. The third kappa shape index (κ3) is 2.98. The molecule has 8 heteroatoms. The minimum absolute atomic E-state index is 0.181. The highest BCUT2D eigenvalue weighted by Gasteiger charge is 2.72. The number of amides is 3. The summed E-state index contributed by atoms with van der Waals surface area (Å²) in [4.78, 5) is 43.6. The molecule has 2 aromatic rings. The first kappa shape index (κ1) is 21.8. The maximum absolute atomic E-state index is 13.9. The number of carbonyl (C=O) groups excluding carboxylic acids is 3. The van der Waals surface area contributed by atoms with E-state index in [9.17, 15) is 14.4 Å². The predicted molar refractivity (Wildman–Crippen MR) is 122 cm³/mol. The Morgan fingerprint density at radius 1 is 1.21 bits per heavy atom. The van der Waals surface area contributed by atoms with Crippen LogP contribution in [0, 0.1) is 11.8 Å². The first-order valence-corrected chi connectivity index (χ1v) is 11.6. The van der Waals surface area contributed by atoms with Crippen LogP contribution in [0.3, 0.4) is 0 Å². The lowest BCUT2D eigenvalue weighted by atomic mass is 9.77. The van der Waals surface area contributed by atoms with Gasteiger partial charge in [0.2, 0.25) is 0 Å². The highest BCUT2D eigenvalue weighted by molar-refractivity contribution is 6.31. The van der Waals surface area contributed by atoms with E-state index >= 15 is 0 Å². The molecule has 2 aromatic carbocycles. The van der Waals surface area contributed by atoms with Crippen LogP contribution in [0.1, 0.15) is 37.9 Å². The molecule has 3 heterocycles. The Kier molecular flexibility index (Phi) is 5.12. The largest absolute Gasteiger partial charge is 0.493 e. The molecule has 172 valence electrons. The number of rotatable bonds is 4. The van der Waals surface area contributed by atoms with E-state index in [0.717, 1.165) is 22.4 Å².